The number of rotatable bonds is 4. The summed E-state index contributed by atoms with van der Waals surface area (Å²) < 4.78 is 5.46. The lowest BCUT2D eigenvalue weighted by atomic mass is 9.72. The number of nitrogens with two attached hydrogens (primary N) is 1. The van der Waals surface area contributed by atoms with E-state index >= 15 is 0 Å². The van der Waals surface area contributed by atoms with Gasteiger partial charge in [0.1, 0.15) is 0 Å². The molecule has 0 saturated heterocycles. The van der Waals surface area contributed by atoms with Gasteiger partial charge in [0.05, 0.1) is 18.8 Å². The number of aliphatic hydroxyl groups is 1. The van der Waals surface area contributed by atoms with Gasteiger partial charge in [0.2, 0.25) is 0 Å². The predicted octanol–water partition coefficient (Wildman–Crippen LogP) is 0.123. The van der Waals surface area contributed by atoms with Crippen molar-refractivity contribution >= 4 is 0 Å². The minimum Gasteiger partial charge on any atom is -0.394 e. The van der Waals surface area contributed by atoms with Crippen LogP contribution in [0.5, 0.6) is 0 Å². The topological polar surface area (TPSA) is 55.5 Å². The Morgan fingerprint density at radius 1 is 1.64 bits per heavy atom. The van der Waals surface area contributed by atoms with Gasteiger partial charge in [-0.1, -0.05) is 6.92 Å². The SMILES string of the molecule is CC1CC(CN)(OCCO)C1. The third kappa shape index (κ3) is 1.92. The molecule has 0 unspecified atom stereocenters. The number of aliphatic hydroxyl groups excluding tert-OH is 1. The fourth-order valence-corrected chi connectivity index (χ4v) is 1.82. The second-order valence-corrected chi connectivity index (χ2v) is 3.47. The Morgan fingerprint density at radius 3 is 2.64 bits per heavy atom. The lowest BCUT2D eigenvalue weighted by molar-refractivity contribution is -0.124. The molecular weight excluding hydrogens is 142 g/mol. The maximum atomic E-state index is 8.54. The minimum absolute atomic E-state index is 0.0934. The number of hydrogen-bond acceptors (Lipinski definition) is 3. The van der Waals surface area contributed by atoms with Crippen molar-refractivity contribution in [2.45, 2.75) is 25.4 Å². The van der Waals surface area contributed by atoms with E-state index in [1.807, 2.05) is 0 Å². The molecule has 0 spiro atoms. The summed E-state index contributed by atoms with van der Waals surface area (Å²) in [5.41, 5.74) is 5.47. The van der Waals surface area contributed by atoms with E-state index in [1.54, 1.807) is 0 Å². The van der Waals surface area contributed by atoms with Crippen molar-refractivity contribution in [3.63, 3.8) is 0 Å². The van der Waals surface area contributed by atoms with Gasteiger partial charge in [-0.15, -0.1) is 0 Å². The third-order valence-corrected chi connectivity index (χ3v) is 2.31. The highest BCUT2D eigenvalue weighted by Gasteiger charge is 2.41. The quantitative estimate of drug-likeness (QED) is 0.612. The number of ether oxygens (including phenoxy) is 1. The normalized spacial score (nSPS) is 36.8. The summed E-state index contributed by atoms with van der Waals surface area (Å²) >= 11 is 0. The number of hydrogen-bond donors (Lipinski definition) is 2. The Hall–Kier alpha value is -0.120. The van der Waals surface area contributed by atoms with Crippen molar-refractivity contribution in [2.75, 3.05) is 19.8 Å². The largest absolute Gasteiger partial charge is 0.394 e. The molecule has 0 amide bonds. The standard InChI is InChI=1S/C8H17NO2/c1-7-4-8(5-7,6-9)11-3-2-10/h7,10H,2-6,9H2,1H3. The van der Waals surface area contributed by atoms with E-state index in [1.165, 1.54) is 0 Å². The van der Waals surface area contributed by atoms with Crippen LogP contribution in [0, 0.1) is 5.92 Å². The van der Waals surface area contributed by atoms with Crippen LogP contribution in [0.1, 0.15) is 19.8 Å². The Labute approximate surface area is 67.5 Å². The van der Waals surface area contributed by atoms with Gasteiger partial charge in [-0.25, -0.2) is 0 Å². The maximum absolute atomic E-state index is 8.54. The molecule has 0 aromatic carbocycles. The van der Waals surface area contributed by atoms with Crippen LogP contribution in [0.3, 0.4) is 0 Å². The highest BCUT2D eigenvalue weighted by Crippen LogP contribution is 2.39. The minimum atomic E-state index is -0.0951. The summed E-state index contributed by atoms with van der Waals surface area (Å²) in [5.74, 6) is 0.734. The first-order valence-corrected chi connectivity index (χ1v) is 4.17. The smallest absolute Gasteiger partial charge is 0.0810 e. The highest BCUT2D eigenvalue weighted by molar-refractivity contribution is 4.94. The van der Waals surface area contributed by atoms with Gasteiger partial charge < -0.3 is 15.6 Å². The second kappa shape index (κ2) is 3.52. The third-order valence-electron chi connectivity index (χ3n) is 2.31. The molecule has 0 heterocycles. The summed E-state index contributed by atoms with van der Waals surface area (Å²) in [6, 6.07) is 0. The Morgan fingerprint density at radius 2 is 2.27 bits per heavy atom. The van der Waals surface area contributed by atoms with Gasteiger partial charge >= 0.3 is 0 Å². The van der Waals surface area contributed by atoms with E-state index in [-0.39, 0.29) is 12.2 Å². The monoisotopic (exact) mass is 159 g/mol. The van der Waals surface area contributed by atoms with Crippen molar-refractivity contribution in [3.8, 4) is 0 Å². The molecule has 3 nitrogen and oxygen atoms in total. The van der Waals surface area contributed by atoms with Gasteiger partial charge in [-0.05, 0) is 18.8 Å². The van der Waals surface area contributed by atoms with Crippen molar-refractivity contribution in [1.29, 1.82) is 0 Å². The fourth-order valence-electron chi connectivity index (χ4n) is 1.82. The van der Waals surface area contributed by atoms with Crippen LogP contribution < -0.4 is 5.73 Å². The summed E-state index contributed by atoms with van der Waals surface area (Å²) in [6.07, 6.45) is 2.09. The van der Waals surface area contributed by atoms with Crippen LogP contribution >= 0.6 is 0 Å². The zero-order chi connectivity index (χ0) is 8.32. The molecule has 0 aromatic heterocycles. The molecule has 3 heteroatoms. The molecule has 0 atom stereocenters. The lowest BCUT2D eigenvalue weighted by Gasteiger charge is -2.45. The second-order valence-electron chi connectivity index (χ2n) is 3.47. The molecule has 1 fully saturated rings. The van der Waals surface area contributed by atoms with Gasteiger partial charge in [-0.2, -0.15) is 0 Å². The van der Waals surface area contributed by atoms with Crippen LogP contribution in [-0.2, 0) is 4.74 Å². The van der Waals surface area contributed by atoms with Crippen LogP contribution in [0.25, 0.3) is 0 Å². The Balaban J connectivity index is 2.26. The molecular formula is C8H17NO2. The van der Waals surface area contributed by atoms with Crippen molar-refractivity contribution < 1.29 is 9.84 Å². The molecule has 3 N–H and O–H groups in total. The van der Waals surface area contributed by atoms with Crippen LogP contribution in [0.2, 0.25) is 0 Å². The average Bonchev–Trinajstić information content (AvgIpc) is 1.96. The van der Waals surface area contributed by atoms with Gasteiger partial charge in [0.25, 0.3) is 0 Å². The van der Waals surface area contributed by atoms with E-state index in [9.17, 15) is 0 Å². The molecule has 0 aromatic rings. The zero-order valence-electron chi connectivity index (χ0n) is 7.05. The molecule has 0 bridgehead atoms. The van der Waals surface area contributed by atoms with Crippen molar-refractivity contribution in [1.82, 2.24) is 0 Å². The summed E-state index contributed by atoms with van der Waals surface area (Å²) in [6.45, 7) is 3.29. The predicted molar refractivity (Wildman–Crippen MR) is 43.2 cm³/mol. The van der Waals surface area contributed by atoms with Gasteiger partial charge in [-0.3, -0.25) is 0 Å². The molecule has 1 aliphatic rings. The summed E-state index contributed by atoms with van der Waals surface area (Å²) in [5, 5.41) is 8.54. The van der Waals surface area contributed by atoms with E-state index < -0.39 is 0 Å². The van der Waals surface area contributed by atoms with Gasteiger partial charge in [0.15, 0.2) is 0 Å². The lowest BCUT2D eigenvalue weighted by Crippen LogP contribution is -2.51. The van der Waals surface area contributed by atoms with Crippen molar-refractivity contribution in [3.05, 3.63) is 0 Å². The zero-order valence-corrected chi connectivity index (χ0v) is 7.05. The molecule has 11 heavy (non-hydrogen) atoms. The maximum Gasteiger partial charge on any atom is 0.0810 e. The first kappa shape index (κ1) is 8.97. The first-order chi connectivity index (χ1) is 5.22. The molecule has 0 radical (unpaired) electrons. The molecule has 1 saturated carbocycles. The van der Waals surface area contributed by atoms with E-state index in [0.29, 0.717) is 13.2 Å². The van der Waals surface area contributed by atoms with Crippen LogP contribution in [-0.4, -0.2) is 30.5 Å². The van der Waals surface area contributed by atoms with E-state index in [0.717, 1.165) is 18.8 Å². The Kier molecular flexibility index (Phi) is 2.87. The molecule has 66 valence electrons. The average molecular weight is 159 g/mol. The first-order valence-electron chi connectivity index (χ1n) is 4.17. The van der Waals surface area contributed by atoms with Crippen molar-refractivity contribution in [2.24, 2.45) is 11.7 Å². The van der Waals surface area contributed by atoms with Crippen LogP contribution in [0.15, 0.2) is 0 Å². The molecule has 0 aliphatic heterocycles. The van der Waals surface area contributed by atoms with Crippen LogP contribution in [0.4, 0.5) is 0 Å². The molecule has 1 rings (SSSR count). The van der Waals surface area contributed by atoms with E-state index in [4.69, 9.17) is 15.6 Å². The molecule has 1 aliphatic carbocycles. The van der Waals surface area contributed by atoms with Gasteiger partial charge in [0, 0.05) is 6.54 Å². The fraction of sp³-hybridized carbons (Fsp3) is 1.00. The Bertz CT molecular complexity index is 121. The summed E-state index contributed by atoms with van der Waals surface area (Å²) in [7, 11) is 0. The summed E-state index contributed by atoms with van der Waals surface area (Å²) in [4.78, 5) is 0. The highest BCUT2D eigenvalue weighted by atomic mass is 16.5. The van der Waals surface area contributed by atoms with E-state index in [2.05, 4.69) is 6.92 Å².